The zero-order chi connectivity index (χ0) is 15.9. The first kappa shape index (κ1) is 17.3. The Labute approximate surface area is 140 Å². The number of rotatable bonds is 6. The zero-order valence-corrected chi connectivity index (χ0v) is 14.0. The topological polar surface area (TPSA) is 63.4 Å². The second kappa shape index (κ2) is 8.56. The van der Waals surface area contributed by atoms with Gasteiger partial charge in [-0.3, -0.25) is 9.59 Å². The highest BCUT2D eigenvalue weighted by Crippen LogP contribution is 2.18. The van der Waals surface area contributed by atoms with Gasteiger partial charge in [0, 0.05) is 29.7 Å². The van der Waals surface area contributed by atoms with E-state index in [4.69, 9.17) is 17.3 Å². The highest BCUT2D eigenvalue weighted by atomic mass is 35.5. The minimum Gasteiger partial charge on any atom is -0.338 e. The molecule has 0 radical (unpaired) electrons. The van der Waals surface area contributed by atoms with Gasteiger partial charge in [-0.25, -0.2) is 0 Å². The molecule has 1 amide bonds. The van der Waals surface area contributed by atoms with Gasteiger partial charge in [-0.2, -0.15) is 0 Å². The van der Waals surface area contributed by atoms with Gasteiger partial charge in [0.05, 0.1) is 11.5 Å². The van der Waals surface area contributed by atoms with E-state index in [9.17, 15) is 9.59 Å². The van der Waals surface area contributed by atoms with E-state index in [1.54, 1.807) is 24.3 Å². The van der Waals surface area contributed by atoms with Crippen molar-refractivity contribution in [3.05, 3.63) is 34.9 Å². The standard InChI is InChI=1S/C16H21ClN2O2S/c17-13-6-4-12(5-7-13)15(20)10-22-11-16(21)19-8-2-1-3-14(19)9-18/h4-7,14H,1-3,8-11,18H2. The van der Waals surface area contributed by atoms with Crippen molar-refractivity contribution < 1.29 is 9.59 Å². The molecule has 0 bridgehead atoms. The number of hydrogen-bond donors (Lipinski definition) is 1. The van der Waals surface area contributed by atoms with Gasteiger partial charge in [0.2, 0.25) is 5.91 Å². The van der Waals surface area contributed by atoms with Gasteiger partial charge in [0.1, 0.15) is 0 Å². The Morgan fingerprint density at radius 2 is 1.95 bits per heavy atom. The molecule has 120 valence electrons. The molecule has 1 aromatic rings. The minimum atomic E-state index is 0.0171. The van der Waals surface area contributed by atoms with Gasteiger partial charge in [-0.15, -0.1) is 11.8 Å². The smallest absolute Gasteiger partial charge is 0.232 e. The van der Waals surface area contributed by atoms with Gasteiger partial charge in [0.25, 0.3) is 0 Å². The van der Waals surface area contributed by atoms with Gasteiger partial charge >= 0.3 is 0 Å². The van der Waals surface area contributed by atoms with Crippen LogP contribution < -0.4 is 5.73 Å². The van der Waals surface area contributed by atoms with Crippen LogP contribution in [0.5, 0.6) is 0 Å². The van der Waals surface area contributed by atoms with E-state index < -0.39 is 0 Å². The van der Waals surface area contributed by atoms with Crippen LogP contribution in [0.2, 0.25) is 5.02 Å². The summed E-state index contributed by atoms with van der Waals surface area (Å²) in [5, 5.41) is 0.609. The Morgan fingerprint density at radius 3 is 2.64 bits per heavy atom. The van der Waals surface area contributed by atoms with Crippen LogP contribution in [0.3, 0.4) is 0 Å². The molecule has 4 nitrogen and oxygen atoms in total. The van der Waals surface area contributed by atoms with Crippen LogP contribution in [0, 0.1) is 0 Å². The van der Waals surface area contributed by atoms with E-state index in [0.717, 1.165) is 25.8 Å². The molecular formula is C16H21ClN2O2S. The third-order valence-electron chi connectivity index (χ3n) is 3.84. The van der Waals surface area contributed by atoms with E-state index in [1.165, 1.54) is 11.8 Å². The molecule has 0 aromatic heterocycles. The number of benzene rings is 1. The van der Waals surface area contributed by atoms with Gasteiger partial charge in [-0.05, 0) is 43.5 Å². The van der Waals surface area contributed by atoms with Crippen molar-refractivity contribution in [2.75, 3.05) is 24.6 Å². The van der Waals surface area contributed by atoms with Crippen molar-refractivity contribution in [2.24, 2.45) is 5.73 Å². The summed E-state index contributed by atoms with van der Waals surface area (Å²) in [6, 6.07) is 6.98. The van der Waals surface area contributed by atoms with Crippen LogP contribution in [0.4, 0.5) is 0 Å². The molecule has 1 atom stereocenters. The molecule has 1 unspecified atom stereocenters. The van der Waals surface area contributed by atoms with Crippen LogP contribution in [-0.4, -0.2) is 47.2 Å². The number of carbonyl (C=O) groups excluding carboxylic acids is 2. The number of ketones is 1. The molecule has 22 heavy (non-hydrogen) atoms. The molecule has 1 aliphatic heterocycles. The lowest BCUT2D eigenvalue weighted by Crippen LogP contribution is -2.48. The summed E-state index contributed by atoms with van der Waals surface area (Å²) in [6.45, 7) is 1.30. The van der Waals surface area contributed by atoms with Gasteiger partial charge < -0.3 is 10.6 Å². The molecule has 2 N–H and O–H groups in total. The Balaban J connectivity index is 1.78. The number of nitrogens with two attached hydrogens (primary N) is 1. The average molecular weight is 341 g/mol. The van der Waals surface area contributed by atoms with Crippen molar-refractivity contribution in [3.8, 4) is 0 Å². The normalized spacial score (nSPS) is 18.3. The number of Topliss-reactive ketones (excluding diaryl/α,β-unsaturated/α-hetero) is 1. The monoisotopic (exact) mass is 340 g/mol. The van der Waals surface area contributed by atoms with Crippen molar-refractivity contribution >= 4 is 35.1 Å². The largest absolute Gasteiger partial charge is 0.338 e. The maximum Gasteiger partial charge on any atom is 0.232 e. The number of piperidine rings is 1. The van der Waals surface area contributed by atoms with Crippen LogP contribution in [0.15, 0.2) is 24.3 Å². The molecule has 6 heteroatoms. The third-order valence-corrected chi connectivity index (χ3v) is 5.01. The molecule has 1 aliphatic rings. The molecule has 0 spiro atoms. The molecule has 1 saturated heterocycles. The fraction of sp³-hybridized carbons (Fsp3) is 0.500. The molecule has 0 aliphatic carbocycles. The number of likely N-dealkylation sites (tertiary alicyclic amines) is 1. The molecule has 1 heterocycles. The predicted molar refractivity (Wildman–Crippen MR) is 91.5 cm³/mol. The molecular weight excluding hydrogens is 320 g/mol. The van der Waals surface area contributed by atoms with Crippen molar-refractivity contribution in [2.45, 2.75) is 25.3 Å². The highest BCUT2D eigenvalue weighted by Gasteiger charge is 2.25. The van der Waals surface area contributed by atoms with E-state index in [-0.39, 0.29) is 17.7 Å². The Morgan fingerprint density at radius 1 is 1.23 bits per heavy atom. The lowest BCUT2D eigenvalue weighted by atomic mass is 10.0. The number of hydrogen-bond acceptors (Lipinski definition) is 4. The van der Waals surface area contributed by atoms with Gasteiger partial charge in [0.15, 0.2) is 5.78 Å². The van der Waals surface area contributed by atoms with E-state index in [1.807, 2.05) is 4.90 Å². The van der Waals surface area contributed by atoms with E-state index in [0.29, 0.717) is 28.6 Å². The van der Waals surface area contributed by atoms with Crippen molar-refractivity contribution in [1.29, 1.82) is 0 Å². The van der Waals surface area contributed by atoms with Crippen LogP contribution >= 0.6 is 23.4 Å². The Kier molecular flexibility index (Phi) is 6.73. The van der Waals surface area contributed by atoms with E-state index in [2.05, 4.69) is 0 Å². The maximum atomic E-state index is 12.3. The summed E-state index contributed by atoms with van der Waals surface area (Å²) in [6.07, 6.45) is 3.15. The second-order valence-corrected chi connectivity index (χ2v) is 6.82. The molecule has 1 fully saturated rings. The number of carbonyl (C=O) groups is 2. The summed E-state index contributed by atoms with van der Waals surface area (Å²) in [4.78, 5) is 26.2. The zero-order valence-electron chi connectivity index (χ0n) is 12.5. The van der Waals surface area contributed by atoms with Crippen LogP contribution in [-0.2, 0) is 4.79 Å². The van der Waals surface area contributed by atoms with Crippen molar-refractivity contribution in [1.82, 2.24) is 4.90 Å². The lowest BCUT2D eigenvalue weighted by molar-refractivity contribution is -0.131. The lowest BCUT2D eigenvalue weighted by Gasteiger charge is -2.35. The fourth-order valence-corrected chi connectivity index (χ4v) is 3.53. The number of amides is 1. The first-order valence-electron chi connectivity index (χ1n) is 7.48. The summed E-state index contributed by atoms with van der Waals surface area (Å²) >= 11 is 7.16. The predicted octanol–water partition coefficient (Wildman–Crippen LogP) is 2.60. The Hall–Kier alpha value is -1.04. The first-order chi connectivity index (χ1) is 10.6. The molecule has 1 aromatic carbocycles. The molecule has 2 rings (SSSR count). The fourth-order valence-electron chi connectivity index (χ4n) is 2.61. The SMILES string of the molecule is NCC1CCCCN1C(=O)CSCC(=O)c1ccc(Cl)cc1. The summed E-state index contributed by atoms with van der Waals surface area (Å²) in [7, 11) is 0. The second-order valence-electron chi connectivity index (χ2n) is 5.40. The summed E-state index contributed by atoms with van der Waals surface area (Å²) in [5.74, 6) is 0.734. The third kappa shape index (κ3) is 4.73. The summed E-state index contributed by atoms with van der Waals surface area (Å²) < 4.78 is 0. The van der Waals surface area contributed by atoms with E-state index >= 15 is 0 Å². The highest BCUT2D eigenvalue weighted by molar-refractivity contribution is 8.00. The van der Waals surface area contributed by atoms with Crippen LogP contribution in [0.1, 0.15) is 29.6 Å². The average Bonchev–Trinajstić information content (AvgIpc) is 2.55. The number of thioether (sulfide) groups is 1. The quantitative estimate of drug-likeness (QED) is 0.808. The van der Waals surface area contributed by atoms with Crippen LogP contribution in [0.25, 0.3) is 0 Å². The first-order valence-corrected chi connectivity index (χ1v) is 9.01. The minimum absolute atomic E-state index is 0.0171. The Bertz CT molecular complexity index is 521. The maximum absolute atomic E-state index is 12.3. The number of halogens is 1. The number of nitrogens with zero attached hydrogens (tertiary/aromatic N) is 1. The van der Waals surface area contributed by atoms with Gasteiger partial charge in [-0.1, -0.05) is 11.6 Å². The summed E-state index contributed by atoms with van der Waals surface area (Å²) in [5.41, 5.74) is 6.36. The molecule has 0 saturated carbocycles. The van der Waals surface area contributed by atoms with Crippen molar-refractivity contribution in [3.63, 3.8) is 0 Å².